The molecule has 4 rings (SSSR count). The second-order valence-corrected chi connectivity index (χ2v) is 6.26. The fraction of sp³-hybridized carbons (Fsp3) is 0.158. The van der Waals surface area contributed by atoms with E-state index < -0.39 is 0 Å². The van der Waals surface area contributed by atoms with Crippen LogP contribution in [0.2, 0.25) is 5.02 Å². The molecule has 24 heavy (non-hydrogen) atoms. The van der Waals surface area contributed by atoms with Crippen LogP contribution in [0.25, 0.3) is 5.69 Å². The minimum Gasteiger partial charge on any atom is -0.353 e. The molecule has 120 valence electrons. The number of nitrogens with zero attached hydrogens (tertiary/aromatic N) is 2. The normalized spacial score (nSPS) is 12.9. The molecular weight excluding hydrogens is 322 g/mol. The Morgan fingerprint density at radius 2 is 1.83 bits per heavy atom. The summed E-state index contributed by atoms with van der Waals surface area (Å²) in [5.41, 5.74) is 4.57. The van der Waals surface area contributed by atoms with Crippen LogP contribution >= 0.6 is 11.6 Å². The largest absolute Gasteiger partial charge is 0.353 e. The van der Waals surface area contributed by atoms with Gasteiger partial charge in [-0.05, 0) is 54.7 Å². The van der Waals surface area contributed by atoms with E-state index in [0.29, 0.717) is 11.4 Å². The summed E-state index contributed by atoms with van der Waals surface area (Å²) in [6, 6.07) is 15.5. The minimum absolute atomic E-state index is 0.134. The first-order valence-electron chi connectivity index (χ1n) is 7.94. The molecule has 0 unspecified atom stereocenters. The molecule has 5 heteroatoms. The lowest BCUT2D eigenvalue weighted by molar-refractivity contribution is 0.809. The van der Waals surface area contributed by atoms with Gasteiger partial charge in [0.05, 0.1) is 17.6 Å². The molecule has 4 nitrogen and oxygen atoms in total. The van der Waals surface area contributed by atoms with Gasteiger partial charge in [-0.15, -0.1) is 0 Å². The van der Waals surface area contributed by atoms with Gasteiger partial charge in [0.25, 0.3) is 5.56 Å². The van der Waals surface area contributed by atoms with Crippen LogP contribution < -0.4 is 10.9 Å². The van der Waals surface area contributed by atoms with Gasteiger partial charge in [-0.25, -0.2) is 0 Å². The molecular formula is C19H16ClN3O. The van der Waals surface area contributed by atoms with E-state index in [9.17, 15) is 4.79 Å². The Hall–Kier alpha value is -2.59. The van der Waals surface area contributed by atoms with Gasteiger partial charge in [-0.3, -0.25) is 4.79 Å². The molecule has 0 bridgehead atoms. The van der Waals surface area contributed by atoms with Crippen molar-refractivity contribution < 1.29 is 0 Å². The Morgan fingerprint density at radius 1 is 1.04 bits per heavy atom. The van der Waals surface area contributed by atoms with Gasteiger partial charge in [0.1, 0.15) is 5.02 Å². The van der Waals surface area contributed by atoms with Crippen LogP contribution in [-0.4, -0.2) is 9.78 Å². The molecule has 1 aromatic heterocycles. The lowest BCUT2D eigenvalue weighted by atomic mass is 10.1. The Balaban J connectivity index is 1.67. The molecule has 0 aliphatic heterocycles. The zero-order chi connectivity index (χ0) is 16.5. The summed E-state index contributed by atoms with van der Waals surface area (Å²) in [5.74, 6) is 0. The van der Waals surface area contributed by atoms with Crippen molar-refractivity contribution in [2.75, 3.05) is 5.32 Å². The number of halogens is 1. The molecule has 0 radical (unpaired) electrons. The lowest BCUT2D eigenvalue weighted by Crippen LogP contribution is -2.22. The van der Waals surface area contributed by atoms with E-state index in [4.69, 9.17) is 11.6 Å². The molecule has 1 aliphatic carbocycles. The number of anilines is 2. The second-order valence-electron chi connectivity index (χ2n) is 5.89. The smallest absolute Gasteiger partial charge is 0.292 e. The number of benzene rings is 2. The number of nitrogens with one attached hydrogen (secondary N) is 1. The summed E-state index contributed by atoms with van der Waals surface area (Å²) >= 11 is 6.28. The fourth-order valence-electron chi connectivity index (χ4n) is 3.08. The van der Waals surface area contributed by atoms with E-state index in [1.807, 2.05) is 36.4 Å². The SMILES string of the molecule is O=c1c(Cl)c(Nc2ccc3c(c2)CCC3)cnn1-c1ccccc1. The Bertz CT molecular complexity index is 951. The van der Waals surface area contributed by atoms with Crippen LogP contribution in [0, 0.1) is 0 Å². The molecule has 0 amide bonds. The first-order valence-corrected chi connectivity index (χ1v) is 8.32. The van der Waals surface area contributed by atoms with Gasteiger partial charge >= 0.3 is 0 Å². The van der Waals surface area contributed by atoms with E-state index in [1.54, 1.807) is 6.20 Å². The zero-order valence-corrected chi connectivity index (χ0v) is 13.8. The van der Waals surface area contributed by atoms with E-state index in [1.165, 1.54) is 22.2 Å². The molecule has 1 N–H and O–H groups in total. The molecule has 3 aromatic rings. The van der Waals surface area contributed by atoms with Crippen molar-refractivity contribution in [3.8, 4) is 5.69 Å². The topological polar surface area (TPSA) is 46.9 Å². The lowest BCUT2D eigenvalue weighted by Gasteiger charge is -2.11. The number of fused-ring (bicyclic) bond motifs is 1. The number of hydrogen-bond donors (Lipinski definition) is 1. The van der Waals surface area contributed by atoms with Crippen molar-refractivity contribution in [2.45, 2.75) is 19.3 Å². The van der Waals surface area contributed by atoms with Gasteiger partial charge in [0.2, 0.25) is 0 Å². The highest BCUT2D eigenvalue weighted by molar-refractivity contribution is 6.33. The van der Waals surface area contributed by atoms with Crippen LogP contribution in [0.4, 0.5) is 11.4 Å². The first-order chi connectivity index (χ1) is 11.7. The van der Waals surface area contributed by atoms with Crippen LogP contribution in [-0.2, 0) is 12.8 Å². The molecule has 0 saturated heterocycles. The van der Waals surface area contributed by atoms with E-state index in [2.05, 4.69) is 22.5 Å². The number of aromatic nitrogens is 2. The van der Waals surface area contributed by atoms with E-state index in [-0.39, 0.29) is 10.6 Å². The predicted molar refractivity (Wildman–Crippen MR) is 96.6 cm³/mol. The summed E-state index contributed by atoms with van der Waals surface area (Å²) < 4.78 is 1.30. The zero-order valence-electron chi connectivity index (χ0n) is 13.0. The predicted octanol–water partition coefficient (Wildman–Crippen LogP) is 4.12. The minimum atomic E-state index is -0.339. The maximum atomic E-state index is 12.5. The van der Waals surface area contributed by atoms with Gasteiger partial charge < -0.3 is 5.32 Å². The fourth-order valence-corrected chi connectivity index (χ4v) is 3.25. The standard InChI is InChI=1S/C19H16ClN3O/c20-18-17(22-15-10-9-13-5-4-6-14(13)11-15)12-21-23(19(18)24)16-7-2-1-3-8-16/h1-3,7-12,22H,4-6H2. The molecule has 0 saturated carbocycles. The van der Waals surface area contributed by atoms with Crippen molar-refractivity contribution in [3.63, 3.8) is 0 Å². The number of hydrogen-bond acceptors (Lipinski definition) is 3. The summed E-state index contributed by atoms with van der Waals surface area (Å²) in [5, 5.41) is 7.58. The average Bonchev–Trinajstić information content (AvgIpc) is 3.08. The summed E-state index contributed by atoms with van der Waals surface area (Å²) in [4.78, 5) is 12.5. The molecule has 0 fully saturated rings. The highest BCUT2D eigenvalue weighted by atomic mass is 35.5. The highest BCUT2D eigenvalue weighted by Gasteiger charge is 2.13. The van der Waals surface area contributed by atoms with Gasteiger partial charge in [0.15, 0.2) is 0 Å². The molecule has 0 atom stereocenters. The van der Waals surface area contributed by atoms with Crippen molar-refractivity contribution in [2.24, 2.45) is 0 Å². The molecule has 0 spiro atoms. The van der Waals surface area contributed by atoms with Gasteiger partial charge in [0, 0.05) is 5.69 Å². The van der Waals surface area contributed by atoms with Crippen molar-refractivity contribution in [3.05, 3.63) is 81.2 Å². The summed E-state index contributed by atoms with van der Waals surface area (Å²) in [6.45, 7) is 0. The Kier molecular flexibility index (Phi) is 3.82. The average molecular weight is 338 g/mol. The van der Waals surface area contributed by atoms with Gasteiger partial charge in [-0.2, -0.15) is 9.78 Å². The van der Waals surface area contributed by atoms with Crippen molar-refractivity contribution in [1.82, 2.24) is 9.78 Å². The summed E-state index contributed by atoms with van der Waals surface area (Å²) in [6.07, 6.45) is 5.04. The molecule has 2 aromatic carbocycles. The first kappa shape index (κ1) is 15.0. The van der Waals surface area contributed by atoms with E-state index in [0.717, 1.165) is 18.5 Å². The Morgan fingerprint density at radius 3 is 2.67 bits per heavy atom. The third-order valence-corrected chi connectivity index (χ3v) is 4.66. The van der Waals surface area contributed by atoms with Crippen LogP contribution in [0.3, 0.4) is 0 Å². The van der Waals surface area contributed by atoms with Crippen molar-refractivity contribution >= 4 is 23.0 Å². The molecule has 1 aliphatic rings. The van der Waals surface area contributed by atoms with Crippen LogP contribution in [0.5, 0.6) is 0 Å². The Labute approximate surface area is 144 Å². The summed E-state index contributed by atoms with van der Waals surface area (Å²) in [7, 11) is 0. The van der Waals surface area contributed by atoms with Crippen LogP contribution in [0.1, 0.15) is 17.5 Å². The number of rotatable bonds is 3. The van der Waals surface area contributed by atoms with Crippen molar-refractivity contribution in [1.29, 1.82) is 0 Å². The maximum Gasteiger partial charge on any atom is 0.292 e. The maximum absolute atomic E-state index is 12.5. The number of aryl methyl sites for hydroxylation is 2. The quantitative estimate of drug-likeness (QED) is 0.782. The highest BCUT2D eigenvalue weighted by Crippen LogP contribution is 2.28. The van der Waals surface area contributed by atoms with E-state index >= 15 is 0 Å². The third-order valence-electron chi connectivity index (χ3n) is 4.30. The van der Waals surface area contributed by atoms with Gasteiger partial charge in [-0.1, -0.05) is 35.9 Å². The second kappa shape index (κ2) is 6.13. The molecule has 1 heterocycles. The van der Waals surface area contributed by atoms with Crippen LogP contribution in [0.15, 0.2) is 59.5 Å². The monoisotopic (exact) mass is 337 g/mol. The third kappa shape index (κ3) is 2.69. The number of para-hydroxylation sites is 1.